The van der Waals surface area contributed by atoms with Crippen molar-refractivity contribution in [2.45, 2.75) is 69.8 Å². The SMILES string of the molecule is CC1=CC2=C3CC(c4ccc(-n5c(-c6ccc(C)s6)ccc5-c5ccc(C)s5)cc4)CC3=C3C=C(C)SC3(C)C2(C)S1. The highest BCUT2D eigenvalue weighted by Gasteiger charge is 2.59. The van der Waals surface area contributed by atoms with Gasteiger partial charge in [-0.05, 0) is 159 Å². The number of thiophene rings is 2. The van der Waals surface area contributed by atoms with E-state index in [0.29, 0.717) is 5.92 Å². The Bertz CT molecular complexity index is 1790. The van der Waals surface area contributed by atoms with Gasteiger partial charge in [0.25, 0.3) is 0 Å². The second-order valence-corrected chi connectivity index (χ2v) is 18.4. The fraction of sp³-hybridized carbons (Fsp3) is 0.297. The van der Waals surface area contributed by atoms with Crippen LogP contribution >= 0.6 is 46.2 Å². The van der Waals surface area contributed by atoms with Gasteiger partial charge >= 0.3 is 0 Å². The van der Waals surface area contributed by atoms with Gasteiger partial charge in [-0.3, -0.25) is 0 Å². The van der Waals surface area contributed by atoms with E-state index < -0.39 is 0 Å². The first-order valence-corrected chi connectivity index (χ1v) is 18.1. The van der Waals surface area contributed by atoms with Crippen molar-refractivity contribution in [2.24, 2.45) is 0 Å². The number of fused-ring (bicyclic) bond motifs is 4. The molecule has 0 radical (unpaired) electrons. The highest BCUT2D eigenvalue weighted by atomic mass is 32.2. The second-order valence-electron chi connectivity index (χ2n) is 12.5. The van der Waals surface area contributed by atoms with Crippen molar-refractivity contribution < 1.29 is 0 Å². The summed E-state index contributed by atoms with van der Waals surface area (Å²) in [5.74, 6) is 0.526. The third-order valence-electron chi connectivity index (χ3n) is 9.77. The van der Waals surface area contributed by atoms with Crippen LogP contribution in [0.3, 0.4) is 0 Å². The van der Waals surface area contributed by atoms with Gasteiger partial charge in [0, 0.05) is 15.4 Å². The van der Waals surface area contributed by atoms with Crippen molar-refractivity contribution in [3.05, 3.63) is 120 Å². The van der Waals surface area contributed by atoms with Crippen LogP contribution in [-0.4, -0.2) is 14.1 Å². The standard InChI is InChI=1S/C37H35NS4/c1-21-7-15-34(39-21)32-13-14-33(35-16-8-22(2)40-35)38(32)27-11-9-25(10-12-27)26-19-28-29(20-26)31-18-24(4)42-37(31,6)36(5)30(28)17-23(3)41-36/h7-18,26H,19-20H2,1-6H3. The Hall–Kier alpha value is -2.44. The Balaban J connectivity index is 1.19. The minimum absolute atomic E-state index is 0.102. The van der Waals surface area contributed by atoms with Crippen molar-refractivity contribution in [1.29, 1.82) is 0 Å². The van der Waals surface area contributed by atoms with Crippen molar-refractivity contribution >= 4 is 46.2 Å². The van der Waals surface area contributed by atoms with E-state index in [1.54, 1.807) is 22.3 Å². The van der Waals surface area contributed by atoms with Gasteiger partial charge in [0.1, 0.15) is 0 Å². The average molecular weight is 622 g/mol. The van der Waals surface area contributed by atoms with Gasteiger partial charge in [-0.2, -0.15) is 0 Å². The molecular weight excluding hydrogens is 587 g/mol. The van der Waals surface area contributed by atoms with Crippen LogP contribution in [0.4, 0.5) is 0 Å². The molecule has 4 aromatic rings. The van der Waals surface area contributed by atoms with Gasteiger partial charge in [-0.1, -0.05) is 12.1 Å². The maximum absolute atomic E-state index is 2.51. The summed E-state index contributed by atoms with van der Waals surface area (Å²) < 4.78 is 2.67. The minimum atomic E-state index is 0.102. The lowest BCUT2D eigenvalue weighted by Gasteiger charge is -2.47. The maximum atomic E-state index is 2.51. The van der Waals surface area contributed by atoms with Crippen LogP contribution in [0.5, 0.6) is 0 Å². The summed E-state index contributed by atoms with van der Waals surface area (Å²) in [5, 5.41) is 0. The van der Waals surface area contributed by atoms with Gasteiger partial charge in [0.2, 0.25) is 0 Å². The lowest BCUT2D eigenvalue weighted by molar-refractivity contribution is 0.607. The fourth-order valence-electron chi connectivity index (χ4n) is 7.69. The van der Waals surface area contributed by atoms with Crippen LogP contribution in [-0.2, 0) is 0 Å². The van der Waals surface area contributed by atoms with Crippen LogP contribution in [0.25, 0.3) is 26.8 Å². The molecule has 0 amide bonds. The van der Waals surface area contributed by atoms with Crippen molar-refractivity contribution in [2.75, 3.05) is 0 Å². The zero-order chi connectivity index (χ0) is 29.0. The van der Waals surface area contributed by atoms with Crippen LogP contribution < -0.4 is 0 Å². The van der Waals surface area contributed by atoms with E-state index in [4.69, 9.17) is 0 Å². The Labute approximate surface area is 266 Å². The van der Waals surface area contributed by atoms with Crippen LogP contribution in [0.15, 0.2) is 105 Å². The minimum Gasteiger partial charge on any atom is -0.308 e. The number of nitrogens with zero attached hydrogens (tertiary/aromatic N) is 1. The molecule has 2 aliphatic heterocycles. The highest BCUT2D eigenvalue weighted by Crippen LogP contribution is 2.68. The molecule has 1 saturated carbocycles. The molecule has 1 fully saturated rings. The summed E-state index contributed by atoms with van der Waals surface area (Å²) in [5.41, 5.74) is 11.7. The lowest BCUT2D eigenvalue weighted by Crippen LogP contribution is -2.47. The summed E-state index contributed by atoms with van der Waals surface area (Å²) in [6.45, 7) is 14.0. The predicted molar refractivity (Wildman–Crippen MR) is 187 cm³/mol. The lowest BCUT2D eigenvalue weighted by atomic mass is 9.72. The van der Waals surface area contributed by atoms with Gasteiger partial charge in [0.15, 0.2) is 0 Å². The van der Waals surface area contributed by atoms with E-state index in [1.807, 2.05) is 22.7 Å². The first kappa shape index (κ1) is 27.1. The first-order chi connectivity index (χ1) is 20.1. The number of allylic oxidation sites excluding steroid dienone is 6. The number of hydrogen-bond acceptors (Lipinski definition) is 4. The molecule has 2 aliphatic carbocycles. The number of aromatic nitrogens is 1. The van der Waals surface area contributed by atoms with Crippen LogP contribution in [0.1, 0.15) is 61.8 Å². The summed E-state index contributed by atoms with van der Waals surface area (Å²) in [6, 6.07) is 23.1. The Morgan fingerprint density at radius 1 is 0.619 bits per heavy atom. The number of thioether (sulfide) groups is 2. The predicted octanol–water partition coefficient (Wildman–Crippen LogP) is 11.9. The van der Waals surface area contributed by atoms with Crippen molar-refractivity contribution in [3.8, 4) is 26.8 Å². The third-order valence-corrected chi connectivity index (χ3v) is 14.9. The molecule has 0 spiro atoms. The summed E-state index contributed by atoms with van der Waals surface area (Å²) in [6.07, 6.45) is 7.30. The molecule has 3 aromatic heterocycles. The number of benzene rings is 1. The summed E-state index contributed by atoms with van der Waals surface area (Å²) in [4.78, 5) is 8.25. The van der Waals surface area contributed by atoms with Gasteiger partial charge < -0.3 is 4.57 Å². The molecule has 1 nitrogen and oxygen atoms in total. The number of hydrogen-bond donors (Lipinski definition) is 0. The third kappa shape index (κ3) is 3.89. The Kier molecular flexibility index (Phi) is 6.16. The molecule has 0 saturated heterocycles. The highest BCUT2D eigenvalue weighted by molar-refractivity contribution is 8.09. The molecule has 0 N–H and O–H groups in total. The number of aryl methyl sites for hydroxylation is 2. The topological polar surface area (TPSA) is 4.93 Å². The molecule has 1 aromatic carbocycles. The molecule has 0 bridgehead atoms. The largest absolute Gasteiger partial charge is 0.308 e. The van der Waals surface area contributed by atoms with Gasteiger partial charge in [-0.15, -0.1) is 46.2 Å². The monoisotopic (exact) mass is 621 g/mol. The van der Waals surface area contributed by atoms with Gasteiger partial charge in [0.05, 0.1) is 30.6 Å². The van der Waals surface area contributed by atoms with E-state index in [1.165, 1.54) is 52.0 Å². The molecular formula is C37H35NS4. The first-order valence-electron chi connectivity index (χ1n) is 14.8. The van der Waals surface area contributed by atoms with E-state index >= 15 is 0 Å². The maximum Gasteiger partial charge on any atom is 0.0635 e. The molecule has 5 heteroatoms. The number of rotatable bonds is 4. The molecule has 8 rings (SSSR count). The smallest absolute Gasteiger partial charge is 0.0635 e. The normalized spacial score (nSPS) is 26.5. The second kappa shape index (κ2) is 9.53. The van der Waals surface area contributed by atoms with E-state index in [-0.39, 0.29) is 9.49 Å². The molecule has 5 heterocycles. The summed E-state index contributed by atoms with van der Waals surface area (Å²) in [7, 11) is 0. The zero-order valence-electron chi connectivity index (χ0n) is 25.0. The molecule has 2 unspecified atom stereocenters. The molecule has 2 atom stereocenters. The molecule has 212 valence electrons. The Morgan fingerprint density at radius 3 is 1.52 bits per heavy atom. The van der Waals surface area contributed by atoms with E-state index in [0.717, 1.165) is 12.8 Å². The summed E-state index contributed by atoms with van der Waals surface area (Å²) >= 11 is 7.93. The fourth-order valence-corrected chi connectivity index (χ4v) is 12.5. The van der Waals surface area contributed by atoms with E-state index in [2.05, 4.69) is 142 Å². The molecule has 4 aliphatic rings. The van der Waals surface area contributed by atoms with Crippen LogP contribution in [0, 0.1) is 13.8 Å². The average Bonchev–Trinajstić information content (AvgIpc) is 3.78. The zero-order valence-corrected chi connectivity index (χ0v) is 28.3. The quantitative estimate of drug-likeness (QED) is 0.223. The van der Waals surface area contributed by atoms with Gasteiger partial charge in [-0.25, -0.2) is 0 Å². The Morgan fingerprint density at radius 2 is 1.10 bits per heavy atom. The molecule has 42 heavy (non-hydrogen) atoms. The van der Waals surface area contributed by atoms with E-state index in [9.17, 15) is 0 Å². The van der Waals surface area contributed by atoms with Crippen LogP contribution in [0.2, 0.25) is 0 Å². The van der Waals surface area contributed by atoms with Crippen molar-refractivity contribution in [1.82, 2.24) is 4.57 Å². The van der Waals surface area contributed by atoms with Crippen molar-refractivity contribution in [3.63, 3.8) is 0 Å².